The summed E-state index contributed by atoms with van der Waals surface area (Å²) in [5.41, 5.74) is 2.56. The molecule has 3 rings (SSSR count). The predicted molar refractivity (Wildman–Crippen MR) is 64.3 cm³/mol. The largest absolute Gasteiger partial charge is 0.308 e. The molecule has 1 aromatic heterocycles. The van der Waals surface area contributed by atoms with Gasteiger partial charge in [-0.05, 0) is 31.7 Å². The molecule has 2 saturated carbocycles. The zero-order valence-electron chi connectivity index (χ0n) is 9.84. The highest BCUT2D eigenvalue weighted by atomic mass is 15.1. The van der Waals surface area contributed by atoms with Gasteiger partial charge in [0.25, 0.3) is 0 Å². The van der Waals surface area contributed by atoms with Crippen molar-refractivity contribution in [3.63, 3.8) is 0 Å². The molecule has 0 unspecified atom stereocenters. The Hall–Kier alpha value is -0.830. The van der Waals surface area contributed by atoms with Gasteiger partial charge in [0.05, 0.1) is 5.69 Å². The third-order valence-electron chi connectivity index (χ3n) is 3.83. The molecule has 0 radical (unpaired) electrons. The van der Waals surface area contributed by atoms with Crippen LogP contribution in [0.15, 0.2) is 6.07 Å². The van der Waals surface area contributed by atoms with Gasteiger partial charge in [-0.1, -0.05) is 19.3 Å². The molecule has 2 N–H and O–H groups in total. The molecular weight excluding hydrogens is 198 g/mol. The van der Waals surface area contributed by atoms with Crippen LogP contribution >= 0.6 is 0 Å². The first-order valence-corrected chi connectivity index (χ1v) is 6.69. The van der Waals surface area contributed by atoms with Gasteiger partial charge in [-0.25, -0.2) is 0 Å². The van der Waals surface area contributed by atoms with Crippen molar-refractivity contribution >= 4 is 0 Å². The lowest BCUT2D eigenvalue weighted by molar-refractivity contribution is 0.436. The second-order valence-electron chi connectivity index (χ2n) is 5.31. The van der Waals surface area contributed by atoms with E-state index in [4.69, 9.17) is 0 Å². The molecule has 0 aromatic carbocycles. The molecule has 16 heavy (non-hydrogen) atoms. The highest BCUT2D eigenvalue weighted by Gasteiger charge is 2.21. The normalized spacial score (nSPS) is 22.5. The first-order valence-electron chi connectivity index (χ1n) is 6.69. The van der Waals surface area contributed by atoms with Crippen molar-refractivity contribution in [3.05, 3.63) is 17.5 Å². The number of hydrogen-bond donors (Lipinski definition) is 2. The quantitative estimate of drug-likeness (QED) is 0.817. The van der Waals surface area contributed by atoms with Crippen LogP contribution < -0.4 is 5.32 Å². The molecule has 0 saturated heterocycles. The molecule has 1 aromatic rings. The van der Waals surface area contributed by atoms with Crippen molar-refractivity contribution in [3.8, 4) is 0 Å². The Balaban J connectivity index is 1.57. The van der Waals surface area contributed by atoms with Crippen LogP contribution in [0.1, 0.15) is 62.3 Å². The van der Waals surface area contributed by atoms with E-state index in [1.54, 1.807) is 0 Å². The highest BCUT2D eigenvalue weighted by Crippen LogP contribution is 2.31. The Kier molecular flexibility index (Phi) is 2.96. The van der Waals surface area contributed by atoms with Crippen LogP contribution in [0, 0.1) is 0 Å². The number of rotatable bonds is 4. The van der Waals surface area contributed by atoms with Crippen LogP contribution in [0.2, 0.25) is 0 Å². The fraction of sp³-hybridized carbons (Fsp3) is 0.769. The summed E-state index contributed by atoms with van der Waals surface area (Å²) >= 11 is 0. The van der Waals surface area contributed by atoms with Gasteiger partial charge >= 0.3 is 0 Å². The minimum Gasteiger partial charge on any atom is -0.308 e. The van der Waals surface area contributed by atoms with Crippen molar-refractivity contribution in [2.24, 2.45) is 0 Å². The Bertz CT molecular complexity index is 335. The Labute approximate surface area is 97.0 Å². The summed E-state index contributed by atoms with van der Waals surface area (Å²) in [6, 6.07) is 3.05. The molecule has 0 amide bonds. The maximum Gasteiger partial charge on any atom is 0.0656 e. The van der Waals surface area contributed by atoms with Gasteiger partial charge in [-0.15, -0.1) is 0 Å². The highest BCUT2D eigenvalue weighted by molar-refractivity contribution is 5.14. The minimum atomic E-state index is 0.722. The van der Waals surface area contributed by atoms with Crippen molar-refractivity contribution in [2.45, 2.75) is 63.5 Å². The monoisotopic (exact) mass is 219 g/mol. The predicted octanol–water partition coefficient (Wildman–Crippen LogP) is 2.71. The molecular formula is C13H21N3. The SMILES string of the molecule is c1c(C2CCCCC2)n[nH]c1CNC1CC1. The second-order valence-corrected chi connectivity index (χ2v) is 5.31. The Morgan fingerprint density at radius 1 is 1.19 bits per heavy atom. The fourth-order valence-corrected chi connectivity index (χ4v) is 2.62. The van der Waals surface area contributed by atoms with E-state index >= 15 is 0 Å². The van der Waals surface area contributed by atoms with Crippen LogP contribution in [-0.2, 0) is 6.54 Å². The fourth-order valence-electron chi connectivity index (χ4n) is 2.62. The molecule has 3 heteroatoms. The van der Waals surface area contributed by atoms with Gasteiger partial charge in [0.1, 0.15) is 0 Å². The van der Waals surface area contributed by atoms with Gasteiger partial charge in [-0.2, -0.15) is 5.10 Å². The lowest BCUT2D eigenvalue weighted by Gasteiger charge is -2.19. The minimum absolute atomic E-state index is 0.722. The average Bonchev–Trinajstić information content (AvgIpc) is 3.05. The van der Waals surface area contributed by atoms with Crippen molar-refractivity contribution in [1.82, 2.24) is 15.5 Å². The lowest BCUT2D eigenvalue weighted by atomic mass is 9.87. The van der Waals surface area contributed by atoms with Gasteiger partial charge in [-0.3, -0.25) is 5.10 Å². The summed E-state index contributed by atoms with van der Waals surface area (Å²) in [5.74, 6) is 0.722. The molecule has 1 heterocycles. The van der Waals surface area contributed by atoms with E-state index in [0.29, 0.717) is 0 Å². The molecule has 2 fully saturated rings. The first-order chi connectivity index (χ1) is 7.92. The molecule has 2 aliphatic carbocycles. The molecule has 0 aliphatic heterocycles. The van der Waals surface area contributed by atoms with E-state index in [1.807, 2.05) is 0 Å². The molecule has 88 valence electrons. The Morgan fingerprint density at radius 3 is 2.75 bits per heavy atom. The summed E-state index contributed by atoms with van der Waals surface area (Å²) in [5, 5.41) is 11.2. The van der Waals surface area contributed by atoms with Crippen molar-refractivity contribution in [1.29, 1.82) is 0 Å². The number of hydrogen-bond acceptors (Lipinski definition) is 2. The molecule has 3 nitrogen and oxygen atoms in total. The number of aromatic amines is 1. The number of nitrogens with one attached hydrogen (secondary N) is 2. The van der Waals surface area contributed by atoms with E-state index in [0.717, 1.165) is 18.5 Å². The molecule has 0 spiro atoms. The van der Waals surface area contributed by atoms with Gasteiger partial charge in [0.2, 0.25) is 0 Å². The lowest BCUT2D eigenvalue weighted by Crippen LogP contribution is -2.15. The van der Waals surface area contributed by atoms with Gasteiger partial charge in [0.15, 0.2) is 0 Å². The van der Waals surface area contributed by atoms with Gasteiger partial charge in [0, 0.05) is 24.2 Å². The van der Waals surface area contributed by atoms with E-state index in [-0.39, 0.29) is 0 Å². The van der Waals surface area contributed by atoms with E-state index in [2.05, 4.69) is 21.6 Å². The third-order valence-corrected chi connectivity index (χ3v) is 3.83. The number of aromatic nitrogens is 2. The summed E-state index contributed by atoms with van der Waals surface area (Å²) < 4.78 is 0. The molecule has 0 bridgehead atoms. The van der Waals surface area contributed by atoms with Gasteiger partial charge < -0.3 is 5.32 Å². The Morgan fingerprint density at radius 2 is 2.00 bits per heavy atom. The van der Waals surface area contributed by atoms with E-state index < -0.39 is 0 Å². The smallest absolute Gasteiger partial charge is 0.0656 e. The van der Waals surface area contributed by atoms with Crippen LogP contribution in [-0.4, -0.2) is 16.2 Å². The maximum absolute atomic E-state index is 4.47. The summed E-state index contributed by atoms with van der Waals surface area (Å²) in [6.07, 6.45) is 9.55. The second kappa shape index (κ2) is 4.58. The number of H-pyrrole nitrogens is 1. The topological polar surface area (TPSA) is 40.7 Å². The molecule has 2 aliphatic rings. The number of nitrogens with zero attached hydrogens (tertiary/aromatic N) is 1. The standard InChI is InChI=1S/C13H21N3/c1-2-4-10(5-3-1)13-8-12(15-16-13)9-14-11-6-7-11/h8,10-11,14H,1-7,9H2,(H,15,16). The van der Waals surface area contributed by atoms with E-state index in [9.17, 15) is 0 Å². The van der Waals surface area contributed by atoms with Crippen LogP contribution in [0.5, 0.6) is 0 Å². The zero-order chi connectivity index (χ0) is 10.8. The maximum atomic E-state index is 4.47. The first kappa shape index (κ1) is 10.3. The summed E-state index contributed by atoms with van der Waals surface area (Å²) in [6.45, 7) is 0.963. The third kappa shape index (κ3) is 2.46. The van der Waals surface area contributed by atoms with Crippen molar-refractivity contribution in [2.75, 3.05) is 0 Å². The van der Waals surface area contributed by atoms with Crippen LogP contribution in [0.3, 0.4) is 0 Å². The van der Waals surface area contributed by atoms with Crippen molar-refractivity contribution < 1.29 is 0 Å². The van der Waals surface area contributed by atoms with E-state index in [1.165, 1.54) is 56.3 Å². The molecule has 0 atom stereocenters. The summed E-state index contributed by atoms with van der Waals surface area (Å²) in [4.78, 5) is 0. The van der Waals surface area contributed by atoms with Crippen LogP contribution in [0.4, 0.5) is 0 Å². The summed E-state index contributed by atoms with van der Waals surface area (Å²) in [7, 11) is 0. The van der Waals surface area contributed by atoms with Crippen LogP contribution in [0.25, 0.3) is 0 Å². The average molecular weight is 219 g/mol. The zero-order valence-corrected chi connectivity index (χ0v) is 9.84.